The Morgan fingerprint density at radius 2 is 2.00 bits per heavy atom. The van der Waals surface area contributed by atoms with Crippen LogP contribution in [0.2, 0.25) is 0 Å². The predicted molar refractivity (Wildman–Crippen MR) is 60.3 cm³/mol. The topological polar surface area (TPSA) is 101 Å². The minimum absolute atomic E-state index is 0.157. The average molecular weight is 243 g/mol. The van der Waals surface area contributed by atoms with E-state index in [4.69, 9.17) is 15.0 Å². The minimum atomic E-state index is -0.597. The first-order valence-electron chi connectivity index (χ1n) is 5.17. The zero-order valence-corrected chi connectivity index (χ0v) is 10.3. The summed E-state index contributed by atoms with van der Waals surface area (Å²) >= 11 is 0. The van der Waals surface area contributed by atoms with Crippen LogP contribution >= 0.6 is 0 Å². The van der Waals surface area contributed by atoms with E-state index < -0.39 is 11.6 Å². The molecule has 0 heterocycles. The summed E-state index contributed by atoms with van der Waals surface area (Å²) in [6.45, 7) is 5.32. The van der Waals surface area contributed by atoms with Gasteiger partial charge >= 0.3 is 5.97 Å². The second-order valence-electron chi connectivity index (χ2n) is 4.31. The number of hydrogen-bond donors (Lipinski definition) is 0. The van der Waals surface area contributed by atoms with E-state index in [0.717, 1.165) is 0 Å². The lowest BCUT2D eigenvalue weighted by Gasteiger charge is -2.19. The van der Waals surface area contributed by atoms with Gasteiger partial charge in [-0.25, -0.2) is 0 Å². The number of carbonyl (C=O) groups is 2. The number of rotatable bonds is 7. The van der Waals surface area contributed by atoms with Gasteiger partial charge in [-0.1, -0.05) is 5.11 Å². The van der Waals surface area contributed by atoms with Crippen LogP contribution in [0.1, 0.15) is 27.2 Å². The smallest absolute Gasteiger partial charge is 0.313 e. The minimum Gasteiger partial charge on any atom is -0.460 e. The second kappa shape index (κ2) is 7.65. The lowest BCUT2D eigenvalue weighted by molar-refractivity contribution is -0.156. The third-order valence-corrected chi connectivity index (χ3v) is 1.42. The van der Waals surface area contributed by atoms with Gasteiger partial charge in [0, 0.05) is 11.5 Å². The Morgan fingerprint density at radius 1 is 1.35 bits per heavy atom. The molecule has 7 heteroatoms. The summed E-state index contributed by atoms with van der Waals surface area (Å²) in [5, 5.41) is 3.23. The SMILES string of the molecule is CC(C)(C)OC(=O)CC(=O)COCCN=[N+]=[N-]. The van der Waals surface area contributed by atoms with Crippen molar-refractivity contribution in [1.82, 2.24) is 0 Å². The van der Waals surface area contributed by atoms with Crippen molar-refractivity contribution >= 4 is 11.8 Å². The van der Waals surface area contributed by atoms with Gasteiger partial charge in [0.15, 0.2) is 5.78 Å². The molecule has 0 aliphatic carbocycles. The first-order chi connectivity index (χ1) is 7.85. The number of ketones is 1. The normalized spacial score (nSPS) is 10.5. The predicted octanol–water partition coefficient (Wildman–Crippen LogP) is 1.61. The van der Waals surface area contributed by atoms with E-state index in [9.17, 15) is 9.59 Å². The summed E-state index contributed by atoms with van der Waals surface area (Å²) in [4.78, 5) is 25.0. The fourth-order valence-electron chi connectivity index (χ4n) is 0.926. The van der Waals surface area contributed by atoms with Crippen LogP contribution < -0.4 is 0 Å². The molecule has 0 radical (unpaired) electrons. The van der Waals surface area contributed by atoms with Crippen molar-refractivity contribution in [2.24, 2.45) is 5.11 Å². The summed E-state index contributed by atoms with van der Waals surface area (Å²) in [7, 11) is 0. The van der Waals surface area contributed by atoms with Gasteiger partial charge in [-0.15, -0.1) is 0 Å². The lowest BCUT2D eigenvalue weighted by atomic mass is 10.2. The molecule has 7 nitrogen and oxygen atoms in total. The number of esters is 1. The first-order valence-corrected chi connectivity index (χ1v) is 5.17. The molecule has 0 amide bonds. The summed E-state index contributed by atoms with van der Waals surface area (Å²) in [5.74, 6) is -0.929. The summed E-state index contributed by atoms with van der Waals surface area (Å²) in [6.07, 6.45) is -0.307. The summed E-state index contributed by atoms with van der Waals surface area (Å²) < 4.78 is 9.88. The van der Waals surface area contributed by atoms with E-state index >= 15 is 0 Å². The van der Waals surface area contributed by atoms with E-state index in [2.05, 4.69) is 10.0 Å². The van der Waals surface area contributed by atoms with Gasteiger partial charge in [0.1, 0.15) is 18.6 Å². The van der Waals surface area contributed by atoms with Gasteiger partial charge in [-0.3, -0.25) is 9.59 Å². The highest BCUT2D eigenvalue weighted by molar-refractivity contribution is 5.96. The molecule has 0 unspecified atom stereocenters. The van der Waals surface area contributed by atoms with E-state index in [-0.39, 0.29) is 32.0 Å². The number of ether oxygens (including phenoxy) is 2. The molecule has 0 N–H and O–H groups in total. The van der Waals surface area contributed by atoms with Gasteiger partial charge < -0.3 is 9.47 Å². The Hall–Kier alpha value is -1.59. The number of Topliss-reactive ketones (excluding diaryl/α,β-unsaturated/α-hetero) is 1. The maximum atomic E-state index is 11.2. The zero-order chi connectivity index (χ0) is 13.3. The third kappa shape index (κ3) is 10.7. The van der Waals surface area contributed by atoms with E-state index in [1.165, 1.54) is 0 Å². The molecule has 17 heavy (non-hydrogen) atoms. The number of azide groups is 1. The van der Waals surface area contributed by atoms with Gasteiger partial charge in [0.05, 0.1) is 6.61 Å². The van der Waals surface area contributed by atoms with E-state index in [0.29, 0.717) is 0 Å². The molecule has 0 aromatic carbocycles. The second-order valence-corrected chi connectivity index (χ2v) is 4.31. The first kappa shape index (κ1) is 15.4. The molecule has 0 spiro atoms. The molecular formula is C10H17N3O4. The van der Waals surface area contributed by atoms with Crippen molar-refractivity contribution in [1.29, 1.82) is 0 Å². The largest absolute Gasteiger partial charge is 0.460 e. The number of carbonyl (C=O) groups excluding carboxylic acids is 2. The van der Waals surface area contributed by atoms with Crippen LogP contribution in [-0.4, -0.2) is 37.1 Å². The van der Waals surface area contributed by atoms with Crippen molar-refractivity contribution in [2.45, 2.75) is 32.8 Å². The van der Waals surface area contributed by atoms with Crippen LogP contribution in [0.15, 0.2) is 5.11 Å². The summed E-state index contributed by atoms with van der Waals surface area (Å²) in [6, 6.07) is 0. The molecule has 0 aliphatic rings. The highest BCUT2D eigenvalue weighted by Crippen LogP contribution is 2.08. The van der Waals surface area contributed by atoms with Gasteiger partial charge in [-0.05, 0) is 26.3 Å². The Morgan fingerprint density at radius 3 is 2.53 bits per heavy atom. The fourth-order valence-corrected chi connectivity index (χ4v) is 0.926. The Labute approximate surface area is 99.7 Å². The molecule has 0 aromatic rings. The van der Waals surface area contributed by atoms with Gasteiger partial charge in [-0.2, -0.15) is 0 Å². The molecule has 0 saturated carbocycles. The highest BCUT2D eigenvalue weighted by Gasteiger charge is 2.18. The van der Waals surface area contributed by atoms with Crippen molar-refractivity contribution in [3.63, 3.8) is 0 Å². The number of nitrogens with zero attached hydrogens (tertiary/aromatic N) is 3. The molecule has 0 aliphatic heterocycles. The van der Waals surface area contributed by atoms with Gasteiger partial charge in [0.2, 0.25) is 0 Å². The van der Waals surface area contributed by atoms with Crippen molar-refractivity contribution in [3.05, 3.63) is 10.4 Å². The van der Waals surface area contributed by atoms with Crippen LogP contribution in [0.25, 0.3) is 10.4 Å². The standard InChI is InChI=1S/C10H17N3O4/c1-10(2,3)17-9(15)6-8(14)7-16-5-4-12-13-11/h4-7H2,1-3H3. The molecule has 96 valence electrons. The molecule has 0 aromatic heterocycles. The molecule has 0 atom stereocenters. The van der Waals surface area contributed by atoms with Crippen molar-refractivity contribution < 1.29 is 19.1 Å². The Bertz CT molecular complexity index is 316. The fraction of sp³-hybridized carbons (Fsp3) is 0.800. The molecule has 0 fully saturated rings. The average Bonchev–Trinajstić information content (AvgIpc) is 2.14. The zero-order valence-electron chi connectivity index (χ0n) is 10.3. The molecule has 0 saturated heterocycles. The maximum Gasteiger partial charge on any atom is 0.313 e. The molecular weight excluding hydrogens is 226 g/mol. The van der Waals surface area contributed by atoms with Crippen LogP contribution in [0.5, 0.6) is 0 Å². The third-order valence-electron chi connectivity index (χ3n) is 1.42. The quantitative estimate of drug-likeness (QED) is 0.169. The van der Waals surface area contributed by atoms with Crippen molar-refractivity contribution in [2.75, 3.05) is 19.8 Å². The molecule has 0 bridgehead atoms. The van der Waals surface area contributed by atoms with E-state index in [1.807, 2.05) is 0 Å². The monoisotopic (exact) mass is 243 g/mol. The maximum absolute atomic E-state index is 11.2. The van der Waals surface area contributed by atoms with Crippen LogP contribution in [0.4, 0.5) is 0 Å². The van der Waals surface area contributed by atoms with Gasteiger partial charge in [0.25, 0.3) is 0 Å². The molecule has 0 rings (SSSR count). The van der Waals surface area contributed by atoms with E-state index in [1.54, 1.807) is 20.8 Å². The van der Waals surface area contributed by atoms with Crippen LogP contribution in [-0.2, 0) is 19.1 Å². The summed E-state index contributed by atoms with van der Waals surface area (Å²) in [5.41, 5.74) is 7.38. The van der Waals surface area contributed by atoms with Crippen molar-refractivity contribution in [3.8, 4) is 0 Å². The lowest BCUT2D eigenvalue weighted by Crippen LogP contribution is -2.26. The Balaban J connectivity index is 3.72. The highest BCUT2D eigenvalue weighted by atomic mass is 16.6. The van der Waals surface area contributed by atoms with Crippen LogP contribution in [0.3, 0.4) is 0 Å². The number of hydrogen-bond acceptors (Lipinski definition) is 5. The van der Waals surface area contributed by atoms with Crippen LogP contribution in [0, 0.1) is 0 Å². The Kier molecular flexibility index (Phi) is 6.93.